The van der Waals surface area contributed by atoms with Crippen LogP contribution in [0.5, 0.6) is 0 Å². The molecule has 0 atom stereocenters. The normalized spacial score (nSPS) is 9.08. The number of benzene rings is 3. The van der Waals surface area contributed by atoms with Crippen LogP contribution >= 0.6 is 0 Å². The van der Waals surface area contributed by atoms with Gasteiger partial charge in [-0.25, -0.2) is 0 Å². The maximum atomic E-state index is 11.1. The Bertz CT molecular complexity index is 1030. The zero-order valence-corrected chi connectivity index (χ0v) is 21.9. The Morgan fingerprint density at radius 1 is 0.405 bits per heavy atom. The van der Waals surface area contributed by atoms with Crippen molar-refractivity contribution < 1.29 is 93.5 Å². The maximum absolute atomic E-state index is 11.1. The van der Waals surface area contributed by atoms with E-state index in [-0.39, 0.29) is 66.7 Å². The van der Waals surface area contributed by atoms with Crippen LogP contribution in [-0.4, -0.2) is 50.6 Å². The van der Waals surface area contributed by atoms with Crippen molar-refractivity contribution in [2.24, 2.45) is 0 Å². The van der Waals surface area contributed by atoms with E-state index in [9.17, 15) is 28.8 Å². The van der Waals surface area contributed by atoms with Crippen LogP contribution < -0.4 is 0 Å². The van der Waals surface area contributed by atoms with Crippen LogP contribution in [0.25, 0.3) is 0 Å². The second kappa shape index (κ2) is 18.9. The summed E-state index contributed by atoms with van der Waals surface area (Å²) in [6.45, 7) is 0. The van der Waals surface area contributed by atoms with Gasteiger partial charge in [0.05, 0.1) is 0 Å². The molecule has 0 heterocycles. The van der Waals surface area contributed by atoms with E-state index < -0.39 is 37.2 Å². The van der Waals surface area contributed by atoms with Crippen LogP contribution in [0, 0.1) is 49.4 Å². The fraction of sp³-hybridized carbons (Fsp3) is 0.111. The molecule has 10 heteroatoms. The van der Waals surface area contributed by atoms with Gasteiger partial charge in [0, 0.05) is 66.1 Å². The van der Waals surface area contributed by atoms with Gasteiger partial charge >= 0.3 is 17.9 Å². The van der Waals surface area contributed by atoms with Gasteiger partial charge in [-0.05, 0) is 0 Å². The Morgan fingerprint density at radius 3 is 0.757 bits per heavy atom. The van der Waals surface area contributed by atoms with Gasteiger partial charge in [-0.1, -0.05) is 91.0 Å². The molecular weight excluding hydrogens is 620 g/mol. The summed E-state index contributed by atoms with van der Waals surface area (Å²) in [5, 5.41) is 25.0. The van der Waals surface area contributed by atoms with Gasteiger partial charge in [-0.3, -0.25) is 28.8 Å². The number of carboxylic acids is 3. The molecule has 3 N–H and O–H groups in total. The first kappa shape index (κ1) is 33.7. The summed E-state index contributed by atoms with van der Waals surface area (Å²) in [6.07, 6.45) is -1.32. The number of Topliss-reactive ketones (excluding diaryl/α,β-unsaturated/α-hetero) is 3. The van der Waals surface area contributed by atoms with E-state index in [1.165, 1.54) is 0 Å². The fourth-order valence-corrected chi connectivity index (χ4v) is 2.59. The molecule has 0 bridgehead atoms. The van der Waals surface area contributed by atoms with E-state index in [4.69, 9.17) is 15.3 Å². The number of aliphatic carboxylic acids is 3. The molecule has 0 aromatic heterocycles. The second-order valence-electron chi connectivity index (χ2n) is 7.08. The van der Waals surface area contributed by atoms with Gasteiger partial charge in [0.2, 0.25) is 0 Å². The molecule has 3 aromatic carbocycles. The molecular formula is C27H24EuO9. The number of hydrogen-bond donors (Lipinski definition) is 3. The average Bonchev–Trinajstić information content (AvgIpc) is 2.85. The first-order chi connectivity index (χ1) is 17.1. The molecule has 0 spiro atoms. The van der Waals surface area contributed by atoms with Gasteiger partial charge in [-0.2, -0.15) is 0 Å². The first-order valence-electron chi connectivity index (χ1n) is 10.5. The molecule has 0 aliphatic carbocycles. The quantitative estimate of drug-likeness (QED) is 0.231. The van der Waals surface area contributed by atoms with Crippen LogP contribution in [0.1, 0.15) is 50.3 Å². The number of carboxylic acid groups (broad SMARTS) is 3. The summed E-state index contributed by atoms with van der Waals surface area (Å²) in [5.74, 6) is -4.36. The largest absolute Gasteiger partial charge is 0.481 e. The molecule has 0 aliphatic heterocycles. The van der Waals surface area contributed by atoms with Gasteiger partial charge in [0.25, 0.3) is 0 Å². The minimum absolute atomic E-state index is 0. The van der Waals surface area contributed by atoms with Crippen molar-refractivity contribution in [2.45, 2.75) is 19.3 Å². The van der Waals surface area contributed by atoms with Crippen LogP contribution in [-0.2, 0) is 14.4 Å². The first-order valence-corrected chi connectivity index (χ1v) is 10.5. The number of ketones is 3. The Labute approximate surface area is 253 Å². The molecule has 9 nitrogen and oxygen atoms in total. The Balaban J connectivity index is 0.000000518. The van der Waals surface area contributed by atoms with Crippen molar-refractivity contribution in [3.05, 3.63) is 108 Å². The summed E-state index contributed by atoms with van der Waals surface area (Å²) in [6, 6.07) is 25.2. The van der Waals surface area contributed by atoms with Gasteiger partial charge in [0.15, 0.2) is 17.3 Å². The summed E-state index contributed by atoms with van der Waals surface area (Å²) >= 11 is 0. The summed E-state index contributed by atoms with van der Waals surface area (Å²) in [7, 11) is 0. The standard InChI is InChI=1S/3C9H8O3.Eu/c3*10-8(6-9(11)12)7-4-2-1-3-5-7;/h3*1-5H,6H2,(H,11,12);. The van der Waals surface area contributed by atoms with Gasteiger partial charge in [-0.15, -0.1) is 0 Å². The van der Waals surface area contributed by atoms with Crippen molar-refractivity contribution in [3.8, 4) is 0 Å². The maximum Gasteiger partial charge on any atom is 0.311 e. The molecule has 1 radical (unpaired) electrons. The van der Waals surface area contributed by atoms with Crippen LogP contribution in [0.15, 0.2) is 91.0 Å². The van der Waals surface area contributed by atoms with E-state index in [2.05, 4.69) is 0 Å². The molecule has 0 unspecified atom stereocenters. The molecule has 37 heavy (non-hydrogen) atoms. The Morgan fingerprint density at radius 2 is 0.595 bits per heavy atom. The zero-order valence-electron chi connectivity index (χ0n) is 19.5. The zero-order chi connectivity index (χ0) is 26.9. The summed E-state index contributed by atoms with van der Waals surface area (Å²) < 4.78 is 0. The monoisotopic (exact) mass is 645 g/mol. The van der Waals surface area contributed by atoms with Crippen molar-refractivity contribution in [2.75, 3.05) is 0 Å². The molecule has 0 fully saturated rings. The minimum atomic E-state index is -1.09. The van der Waals surface area contributed by atoms with Crippen molar-refractivity contribution in [1.29, 1.82) is 0 Å². The van der Waals surface area contributed by atoms with E-state index in [0.29, 0.717) is 16.7 Å². The van der Waals surface area contributed by atoms with Crippen molar-refractivity contribution in [1.82, 2.24) is 0 Å². The van der Waals surface area contributed by atoms with E-state index in [1.54, 1.807) is 91.0 Å². The third-order valence-corrected chi connectivity index (χ3v) is 4.22. The van der Waals surface area contributed by atoms with Crippen molar-refractivity contribution in [3.63, 3.8) is 0 Å². The third-order valence-electron chi connectivity index (χ3n) is 4.22. The topological polar surface area (TPSA) is 163 Å². The van der Waals surface area contributed by atoms with Gasteiger partial charge in [0.1, 0.15) is 19.3 Å². The number of carbonyl (C=O) groups excluding carboxylic acids is 3. The molecule has 0 saturated carbocycles. The molecule has 0 saturated heterocycles. The number of hydrogen-bond acceptors (Lipinski definition) is 6. The van der Waals surface area contributed by atoms with E-state index in [1.807, 2.05) is 0 Å². The Kier molecular flexibility index (Phi) is 17.2. The smallest absolute Gasteiger partial charge is 0.311 e. The minimum Gasteiger partial charge on any atom is -0.481 e. The predicted molar refractivity (Wildman–Crippen MR) is 129 cm³/mol. The van der Waals surface area contributed by atoms with Crippen LogP contribution in [0.2, 0.25) is 0 Å². The Hall–Kier alpha value is -3.34. The number of carbonyl (C=O) groups is 6. The molecule has 0 aliphatic rings. The van der Waals surface area contributed by atoms with E-state index >= 15 is 0 Å². The van der Waals surface area contributed by atoms with Crippen LogP contribution in [0.3, 0.4) is 0 Å². The fourth-order valence-electron chi connectivity index (χ4n) is 2.59. The second-order valence-corrected chi connectivity index (χ2v) is 7.08. The van der Waals surface area contributed by atoms with E-state index in [0.717, 1.165) is 0 Å². The summed E-state index contributed by atoms with van der Waals surface area (Å²) in [4.78, 5) is 63.7. The molecule has 3 rings (SSSR count). The molecule has 0 amide bonds. The predicted octanol–water partition coefficient (Wildman–Crippen LogP) is 4.03. The van der Waals surface area contributed by atoms with Gasteiger partial charge < -0.3 is 15.3 Å². The SMILES string of the molecule is O=C(O)CC(=O)c1ccccc1.O=C(O)CC(=O)c1ccccc1.O=C(O)CC(=O)c1ccccc1.[Eu]. The molecule has 3 aromatic rings. The summed E-state index contributed by atoms with van der Waals surface area (Å²) in [5.41, 5.74) is 1.33. The van der Waals surface area contributed by atoms with Crippen LogP contribution in [0.4, 0.5) is 0 Å². The third kappa shape index (κ3) is 15.4. The average molecular weight is 644 g/mol. The molecule has 193 valence electrons. The number of rotatable bonds is 9. The van der Waals surface area contributed by atoms with Crippen molar-refractivity contribution >= 4 is 35.3 Å².